The number of aliphatic carboxylic acids is 1. The van der Waals surface area contributed by atoms with Gasteiger partial charge in [0, 0.05) is 31.9 Å². The third-order valence-electron chi connectivity index (χ3n) is 3.74. The van der Waals surface area contributed by atoms with Gasteiger partial charge in [-0.05, 0) is 19.9 Å². The molecule has 0 aromatic heterocycles. The molecule has 2 rings (SSSR count). The summed E-state index contributed by atoms with van der Waals surface area (Å²) in [6.45, 7) is 0. The number of likely N-dealkylation sites (N-methyl/N-ethyl adjacent to an activating group) is 1. The molecular formula is C12H18N2O3. The number of rotatable bonds is 2. The van der Waals surface area contributed by atoms with E-state index in [1.807, 2.05) is 37.1 Å². The molecule has 0 spiro atoms. The lowest BCUT2D eigenvalue weighted by atomic mass is 9.94. The fraction of sp³-hybridized carbons (Fsp3) is 0.667. The summed E-state index contributed by atoms with van der Waals surface area (Å²) in [5.74, 6) is -1.12. The fourth-order valence-corrected chi connectivity index (χ4v) is 2.89. The highest BCUT2D eigenvalue weighted by atomic mass is 16.4. The number of hydrogen-bond acceptors (Lipinski definition) is 4. The molecule has 2 fully saturated rings. The van der Waals surface area contributed by atoms with E-state index in [2.05, 4.69) is 0 Å². The zero-order valence-corrected chi connectivity index (χ0v) is 10.4. The predicted molar refractivity (Wildman–Crippen MR) is 62.5 cm³/mol. The van der Waals surface area contributed by atoms with E-state index < -0.39 is 11.9 Å². The van der Waals surface area contributed by atoms with Crippen LogP contribution in [0.3, 0.4) is 0 Å². The van der Waals surface area contributed by atoms with Gasteiger partial charge in [-0.15, -0.1) is 0 Å². The van der Waals surface area contributed by atoms with Crippen molar-refractivity contribution in [1.82, 2.24) is 9.80 Å². The molecule has 0 radical (unpaired) electrons. The highest BCUT2D eigenvalue weighted by molar-refractivity contribution is 6.01. The van der Waals surface area contributed by atoms with Crippen LogP contribution < -0.4 is 0 Å². The first-order valence-electron chi connectivity index (χ1n) is 5.78. The molecule has 0 amide bonds. The Bertz CT molecular complexity index is 389. The molecule has 2 heterocycles. The quantitative estimate of drug-likeness (QED) is 0.695. The van der Waals surface area contributed by atoms with Crippen LogP contribution in [0.1, 0.15) is 12.8 Å². The van der Waals surface area contributed by atoms with Crippen LogP contribution in [-0.4, -0.2) is 59.9 Å². The Balaban J connectivity index is 2.29. The Kier molecular flexibility index (Phi) is 2.95. The average Bonchev–Trinajstić information content (AvgIpc) is 2.45. The van der Waals surface area contributed by atoms with E-state index in [0.29, 0.717) is 12.8 Å². The van der Waals surface area contributed by atoms with Crippen molar-refractivity contribution in [2.75, 3.05) is 21.1 Å². The lowest BCUT2D eigenvalue weighted by Gasteiger charge is -2.32. The van der Waals surface area contributed by atoms with Crippen molar-refractivity contribution in [3.63, 3.8) is 0 Å². The van der Waals surface area contributed by atoms with Gasteiger partial charge in [0.1, 0.15) is 0 Å². The van der Waals surface area contributed by atoms with Gasteiger partial charge in [0.05, 0.1) is 12.0 Å². The van der Waals surface area contributed by atoms with Gasteiger partial charge in [-0.2, -0.15) is 0 Å². The number of nitrogens with zero attached hydrogens (tertiary/aromatic N) is 2. The normalized spacial score (nSPS) is 35.4. The number of ketones is 1. The van der Waals surface area contributed by atoms with E-state index in [1.54, 1.807) is 0 Å². The number of fused-ring (bicyclic) bond motifs is 2. The Morgan fingerprint density at radius 1 is 1.53 bits per heavy atom. The van der Waals surface area contributed by atoms with Crippen LogP contribution in [0.2, 0.25) is 0 Å². The molecule has 0 aliphatic carbocycles. The minimum Gasteiger partial charge on any atom is -0.481 e. The van der Waals surface area contributed by atoms with E-state index in [-0.39, 0.29) is 17.9 Å². The van der Waals surface area contributed by atoms with Crippen LogP contribution in [0.25, 0.3) is 0 Å². The number of carbonyl (C=O) groups excluding carboxylic acids is 1. The molecule has 2 saturated heterocycles. The van der Waals surface area contributed by atoms with E-state index in [4.69, 9.17) is 5.11 Å². The summed E-state index contributed by atoms with van der Waals surface area (Å²) in [5.41, 5.74) is 0.756. The molecule has 0 aromatic carbocycles. The molecule has 94 valence electrons. The number of carboxylic acid groups (broad SMARTS) is 1. The van der Waals surface area contributed by atoms with E-state index in [1.165, 1.54) is 0 Å². The molecule has 0 saturated carbocycles. The summed E-state index contributed by atoms with van der Waals surface area (Å²) in [6, 6.07) is -0.289. The predicted octanol–water partition coefficient (Wildman–Crippen LogP) is 0.178. The second-order valence-corrected chi connectivity index (χ2v) is 5.12. The minimum absolute atomic E-state index is 0.0404. The Hall–Kier alpha value is -1.36. The lowest BCUT2D eigenvalue weighted by Crippen LogP contribution is -2.45. The number of carbonyl (C=O) groups is 2. The van der Waals surface area contributed by atoms with Crippen molar-refractivity contribution >= 4 is 11.8 Å². The smallest absolute Gasteiger partial charge is 0.308 e. The van der Waals surface area contributed by atoms with Crippen LogP contribution >= 0.6 is 0 Å². The van der Waals surface area contributed by atoms with Crippen molar-refractivity contribution < 1.29 is 14.7 Å². The third-order valence-corrected chi connectivity index (χ3v) is 3.74. The van der Waals surface area contributed by atoms with E-state index in [0.717, 1.165) is 5.57 Å². The summed E-state index contributed by atoms with van der Waals surface area (Å²) >= 11 is 0. The Labute approximate surface area is 101 Å². The van der Waals surface area contributed by atoms with Crippen molar-refractivity contribution in [3.05, 3.63) is 11.8 Å². The second-order valence-electron chi connectivity index (χ2n) is 5.12. The number of piperidine rings is 1. The van der Waals surface area contributed by atoms with Crippen LogP contribution in [-0.2, 0) is 9.59 Å². The monoisotopic (exact) mass is 238 g/mol. The first-order valence-corrected chi connectivity index (χ1v) is 5.78. The zero-order valence-electron chi connectivity index (χ0n) is 10.4. The molecule has 5 nitrogen and oxygen atoms in total. The summed E-state index contributed by atoms with van der Waals surface area (Å²) in [7, 11) is 5.59. The van der Waals surface area contributed by atoms with Crippen molar-refractivity contribution in [1.29, 1.82) is 0 Å². The molecule has 2 aliphatic heterocycles. The van der Waals surface area contributed by atoms with Gasteiger partial charge in [0.2, 0.25) is 0 Å². The third kappa shape index (κ3) is 1.95. The molecule has 3 unspecified atom stereocenters. The van der Waals surface area contributed by atoms with Crippen molar-refractivity contribution in [2.45, 2.75) is 24.9 Å². The van der Waals surface area contributed by atoms with Gasteiger partial charge in [-0.1, -0.05) is 0 Å². The minimum atomic E-state index is -0.789. The molecule has 1 N–H and O–H groups in total. The van der Waals surface area contributed by atoms with E-state index >= 15 is 0 Å². The molecule has 2 bridgehead atoms. The zero-order chi connectivity index (χ0) is 12.7. The highest BCUT2D eigenvalue weighted by Gasteiger charge is 2.50. The summed E-state index contributed by atoms with van der Waals surface area (Å²) in [5, 5.41) is 9.16. The number of hydrogen-bond donors (Lipinski definition) is 1. The topological polar surface area (TPSA) is 60.9 Å². The summed E-state index contributed by atoms with van der Waals surface area (Å²) in [6.07, 6.45) is 2.81. The molecular weight excluding hydrogens is 220 g/mol. The molecule has 2 aliphatic rings. The van der Waals surface area contributed by atoms with Gasteiger partial charge >= 0.3 is 5.97 Å². The van der Waals surface area contributed by atoms with Crippen LogP contribution in [0.5, 0.6) is 0 Å². The first-order chi connectivity index (χ1) is 7.91. The summed E-state index contributed by atoms with van der Waals surface area (Å²) in [4.78, 5) is 27.1. The Morgan fingerprint density at radius 2 is 2.18 bits per heavy atom. The van der Waals surface area contributed by atoms with Crippen LogP contribution in [0.4, 0.5) is 0 Å². The van der Waals surface area contributed by atoms with Crippen molar-refractivity contribution in [3.8, 4) is 0 Å². The summed E-state index contributed by atoms with van der Waals surface area (Å²) < 4.78 is 0. The van der Waals surface area contributed by atoms with Gasteiger partial charge < -0.3 is 10.0 Å². The molecule has 3 atom stereocenters. The standard InChI is InChI=1S/C12H18N2O3/c1-13(2)6-7-4-9-8(12(16)17)5-10(11(7)15)14(9)3/h6,8-10H,4-5H2,1-3H3,(H,16,17). The SMILES string of the molecule is CN(C)C=C1CC2C(C(=O)O)CC(C1=O)N2C. The molecule has 0 aromatic rings. The maximum atomic E-state index is 12.2. The maximum Gasteiger partial charge on any atom is 0.308 e. The van der Waals surface area contributed by atoms with Gasteiger partial charge in [-0.25, -0.2) is 0 Å². The number of Topliss-reactive ketones (excluding diaryl/α,β-unsaturated/α-hetero) is 1. The highest BCUT2D eigenvalue weighted by Crippen LogP contribution is 2.39. The molecule has 5 heteroatoms. The van der Waals surface area contributed by atoms with Crippen LogP contribution in [0, 0.1) is 5.92 Å². The largest absolute Gasteiger partial charge is 0.481 e. The van der Waals surface area contributed by atoms with Crippen molar-refractivity contribution in [2.24, 2.45) is 5.92 Å². The number of carboxylic acids is 1. The van der Waals surface area contributed by atoms with E-state index in [9.17, 15) is 9.59 Å². The second kappa shape index (κ2) is 4.14. The first kappa shape index (κ1) is 12.1. The lowest BCUT2D eigenvalue weighted by molar-refractivity contribution is -0.142. The van der Waals surface area contributed by atoms with Gasteiger partial charge in [0.15, 0.2) is 5.78 Å². The Morgan fingerprint density at radius 3 is 2.71 bits per heavy atom. The van der Waals surface area contributed by atoms with Crippen LogP contribution in [0.15, 0.2) is 11.8 Å². The maximum absolute atomic E-state index is 12.2. The van der Waals surface area contributed by atoms with Gasteiger partial charge in [-0.3, -0.25) is 14.5 Å². The average molecular weight is 238 g/mol. The molecule has 17 heavy (non-hydrogen) atoms. The fourth-order valence-electron chi connectivity index (χ4n) is 2.89. The van der Waals surface area contributed by atoms with Gasteiger partial charge in [0.25, 0.3) is 0 Å².